The van der Waals surface area contributed by atoms with Crippen molar-refractivity contribution in [3.63, 3.8) is 0 Å². The van der Waals surface area contributed by atoms with Gasteiger partial charge < -0.3 is 14.8 Å². The zero-order chi connectivity index (χ0) is 18.4. The van der Waals surface area contributed by atoms with Crippen LogP contribution in [-0.4, -0.2) is 31.4 Å². The monoisotopic (exact) mass is 405 g/mol. The molecule has 0 aliphatic heterocycles. The van der Waals surface area contributed by atoms with Crippen LogP contribution in [0.15, 0.2) is 46.9 Å². The predicted octanol–water partition coefficient (Wildman–Crippen LogP) is 3.46. The Labute approximate surface area is 153 Å². The average molecular weight is 406 g/mol. The number of carbonyl (C=O) groups excluding carboxylic acids is 3. The van der Waals surface area contributed by atoms with Crippen molar-refractivity contribution in [2.75, 3.05) is 19.0 Å². The number of methoxy groups -OCH3 is 1. The van der Waals surface area contributed by atoms with E-state index in [4.69, 9.17) is 4.74 Å². The van der Waals surface area contributed by atoms with Crippen LogP contribution >= 0.6 is 15.9 Å². The third kappa shape index (κ3) is 5.15. The molecule has 0 atom stereocenters. The van der Waals surface area contributed by atoms with E-state index in [0.717, 1.165) is 0 Å². The summed E-state index contributed by atoms with van der Waals surface area (Å²) in [5, 5.41) is 2.63. The van der Waals surface area contributed by atoms with E-state index in [1.54, 1.807) is 42.5 Å². The summed E-state index contributed by atoms with van der Waals surface area (Å²) in [5.41, 5.74) is 1.46. The Morgan fingerprint density at radius 1 is 1.04 bits per heavy atom. The van der Waals surface area contributed by atoms with Gasteiger partial charge in [0.25, 0.3) is 0 Å². The number of carbonyl (C=O) groups is 3. The molecular weight excluding hydrogens is 390 g/mol. The minimum absolute atomic E-state index is 0.157. The Kier molecular flexibility index (Phi) is 6.30. The van der Waals surface area contributed by atoms with Crippen LogP contribution in [0, 0.1) is 0 Å². The van der Waals surface area contributed by atoms with Crippen LogP contribution in [0.2, 0.25) is 0 Å². The van der Waals surface area contributed by atoms with Crippen molar-refractivity contribution in [2.45, 2.75) is 6.92 Å². The molecule has 7 heteroatoms. The number of anilines is 1. The predicted molar refractivity (Wildman–Crippen MR) is 96.1 cm³/mol. The molecule has 130 valence electrons. The second-order valence-electron chi connectivity index (χ2n) is 5.11. The van der Waals surface area contributed by atoms with Gasteiger partial charge in [-0.1, -0.05) is 0 Å². The summed E-state index contributed by atoms with van der Waals surface area (Å²) >= 11 is 3.30. The molecule has 0 radical (unpaired) electrons. The number of nitrogens with one attached hydrogen (secondary N) is 1. The van der Waals surface area contributed by atoms with Gasteiger partial charge in [-0.15, -0.1) is 0 Å². The van der Waals surface area contributed by atoms with E-state index in [-0.39, 0.29) is 18.3 Å². The number of hydrogen-bond acceptors (Lipinski definition) is 5. The lowest BCUT2D eigenvalue weighted by atomic mass is 10.1. The lowest BCUT2D eigenvalue weighted by Crippen LogP contribution is -2.12. The van der Waals surface area contributed by atoms with Crippen molar-refractivity contribution in [2.24, 2.45) is 0 Å². The van der Waals surface area contributed by atoms with E-state index in [9.17, 15) is 14.4 Å². The van der Waals surface area contributed by atoms with Gasteiger partial charge in [-0.25, -0.2) is 4.79 Å². The van der Waals surface area contributed by atoms with Gasteiger partial charge in [0, 0.05) is 18.2 Å². The summed E-state index contributed by atoms with van der Waals surface area (Å²) in [6, 6.07) is 11.2. The number of halogens is 1. The van der Waals surface area contributed by atoms with Crippen LogP contribution in [0.1, 0.15) is 27.6 Å². The standard InChI is InChI=1S/C18H16BrNO5/c1-11(21)20-14-6-3-12(4-7-14)16(22)10-25-17-8-5-13(9-15(17)19)18(23)24-2/h3-9H,10H2,1-2H3,(H,20,21). The molecule has 0 bridgehead atoms. The van der Waals surface area contributed by atoms with Crippen LogP contribution in [0.3, 0.4) is 0 Å². The van der Waals surface area contributed by atoms with Gasteiger partial charge in [0.15, 0.2) is 12.4 Å². The number of rotatable bonds is 6. The smallest absolute Gasteiger partial charge is 0.337 e. The van der Waals surface area contributed by atoms with Crippen molar-refractivity contribution in [1.82, 2.24) is 0 Å². The molecule has 0 fully saturated rings. The minimum Gasteiger partial charge on any atom is -0.484 e. The molecular formula is C18H16BrNO5. The zero-order valence-electron chi connectivity index (χ0n) is 13.7. The van der Waals surface area contributed by atoms with Crippen molar-refractivity contribution in [3.8, 4) is 5.75 Å². The highest BCUT2D eigenvalue weighted by Gasteiger charge is 2.12. The second-order valence-corrected chi connectivity index (χ2v) is 5.96. The normalized spacial score (nSPS) is 10.0. The second kappa shape index (κ2) is 8.43. The van der Waals surface area contributed by atoms with E-state index >= 15 is 0 Å². The van der Waals surface area contributed by atoms with E-state index in [0.29, 0.717) is 27.0 Å². The first kappa shape index (κ1) is 18.7. The molecule has 0 saturated carbocycles. The molecule has 0 aliphatic carbocycles. The van der Waals surface area contributed by atoms with Crippen molar-refractivity contribution >= 4 is 39.3 Å². The quantitative estimate of drug-likeness (QED) is 0.587. The molecule has 0 unspecified atom stereocenters. The van der Waals surface area contributed by atoms with E-state index < -0.39 is 5.97 Å². The van der Waals surface area contributed by atoms with Gasteiger partial charge >= 0.3 is 5.97 Å². The third-order valence-corrected chi connectivity index (χ3v) is 3.86. The highest BCUT2D eigenvalue weighted by Crippen LogP contribution is 2.26. The van der Waals surface area contributed by atoms with Crippen LogP contribution in [0.5, 0.6) is 5.75 Å². The van der Waals surface area contributed by atoms with Gasteiger partial charge in [-0.05, 0) is 58.4 Å². The van der Waals surface area contributed by atoms with Crippen LogP contribution in [0.25, 0.3) is 0 Å². The first-order chi connectivity index (χ1) is 11.9. The highest BCUT2D eigenvalue weighted by atomic mass is 79.9. The summed E-state index contributed by atoms with van der Waals surface area (Å²) in [5.74, 6) is -0.403. The fourth-order valence-corrected chi connectivity index (χ4v) is 2.53. The summed E-state index contributed by atoms with van der Waals surface area (Å²) in [4.78, 5) is 34.6. The van der Waals surface area contributed by atoms with Crippen molar-refractivity contribution < 1.29 is 23.9 Å². The summed E-state index contributed by atoms with van der Waals surface area (Å²) < 4.78 is 10.7. The molecule has 6 nitrogen and oxygen atoms in total. The minimum atomic E-state index is -0.456. The van der Waals surface area contributed by atoms with Crippen LogP contribution in [-0.2, 0) is 9.53 Å². The first-order valence-corrected chi connectivity index (χ1v) is 8.11. The Balaban J connectivity index is 2.00. The topological polar surface area (TPSA) is 81.7 Å². The van der Waals surface area contributed by atoms with Gasteiger partial charge in [0.1, 0.15) is 5.75 Å². The Bertz CT molecular complexity index is 802. The Morgan fingerprint density at radius 3 is 2.24 bits per heavy atom. The number of ether oxygens (including phenoxy) is 2. The maximum absolute atomic E-state index is 12.2. The molecule has 1 amide bonds. The third-order valence-electron chi connectivity index (χ3n) is 3.24. The Hall–Kier alpha value is -2.67. The number of Topliss-reactive ketones (excluding diaryl/α,β-unsaturated/α-hetero) is 1. The van der Waals surface area contributed by atoms with Gasteiger partial charge in [0.05, 0.1) is 17.1 Å². The molecule has 2 aromatic carbocycles. The molecule has 2 aromatic rings. The lowest BCUT2D eigenvalue weighted by molar-refractivity contribution is -0.114. The van der Waals surface area contributed by atoms with Gasteiger partial charge in [0.2, 0.25) is 5.91 Å². The van der Waals surface area contributed by atoms with E-state index in [1.165, 1.54) is 14.0 Å². The van der Waals surface area contributed by atoms with Crippen molar-refractivity contribution in [3.05, 3.63) is 58.1 Å². The number of benzene rings is 2. The maximum Gasteiger partial charge on any atom is 0.337 e. The van der Waals surface area contributed by atoms with Crippen molar-refractivity contribution in [1.29, 1.82) is 0 Å². The highest BCUT2D eigenvalue weighted by molar-refractivity contribution is 9.10. The summed E-state index contributed by atoms with van der Waals surface area (Å²) in [6.45, 7) is 1.26. The first-order valence-electron chi connectivity index (χ1n) is 7.32. The Morgan fingerprint density at radius 2 is 1.68 bits per heavy atom. The SMILES string of the molecule is COC(=O)c1ccc(OCC(=O)c2ccc(NC(C)=O)cc2)c(Br)c1. The molecule has 1 N–H and O–H groups in total. The molecule has 0 saturated heterocycles. The van der Waals surface area contributed by atoms with E-state index in [2.05, 4.69) is 26.0 Å². The van der Waals surface area contributed by atoms with Crippen LogP contribution in [0.4, 0.5) is 5.69 Å². The van der Waals surface area contributed by atoms with Gasteiger partial charge in [-0.3, -0.25) is 9.59 Å². The average Bonchev–Trinajstić information content (AvgIpc) is 2.59. The fourth-order valence-electron chi connectivity index (χ4n) is 2.03. The van der Waals surface area contributed by atoms with E-state index in [1.807, 2.05) is 0 Å². The lowest BCUT2D eigenvalue weighted by Gasteiger charge is -2.09. The number of ketones is 1. The summed E-state index contributed by atoms with van der Waals surface area (Å²) in [6.07, 6.45) is 0. The molecule has 25 heavy (non-hydrogen) atoms. The number of esters is 1. The summed E-state index contributed by atoms with van der Waals surface area (Å²) in [7, 11) is 1.30. The molecule has 0 aromatic heterocycles. The van der Waals surface area contributed by atoms with Gasteiger partial charge in [-0.2, -0.15) is 0 Å². The fraction of sp³-hybridized carbons (Fsp3) is 0.167. The molecule has 0 aliphatic rings. The molecule has 0 spiro atoms. The molecule has 0 heterocycles. The zero-order valence-corrected chi connectivity index (χ0v) is 15.3. The van der Waals surface area contributed by atoms with Crippen LogP contribution < -0.4 is 10.1 Å². The molecule has 2 rings (SSSR count). The number of hydrogen-bond donors (Lipinski definition) is 1. The largest absolute Gasteiger partial charge is 0.484 e. The number of amides is 1. The maximum atomic E-state index is 12.2.